The number of rotatable bonds is 4. The minimum atomic E-state index is -0.438. The van der Waals surface area contributed by atoms with Crippen LogP contribution in [0.1, 0.15) is 24.2 Å². The van der Waals surface area contributed by atoms with Crippen molar-refractivity contribution in [1.29, 1.82) is 0 Å². The molecule has 0 atom stereocenters. The van der Waals surface area contributed by atoms with Crippen LogP contribution in [-0.2, 0) is 4.79 Å². The molecule has 5 heteroatoms. The lowest BCUT2D eigenvalue weighted by Gasteiger charge is -2.11. The fraction of sp³-hybridized carbons (Fsp3) is 0.273. The van der Waals surface area contributed by atoms with E-state index in [0.717, 1.165) is 0 Å². The average molecular weight is 287 g/mol. The molecule has 0 N–H and O–H groups in total. The molecular formula is C11H11BrO4. The van der Waals surface area contributed by atoms with Crippen LogP contribution in [0.5, 0.6) is 11.5 Å². The quantitative estimate of drug-likeness (QED) is 0.485. The van der Waals surface area contributed by atoms with Crippen molar-refractivity contribution in [2.24, 2.45) is 0 Å². The second-order valence-corrected chi connectivity index (χ2v) is 3.82. The minimum Gasteiger partial charge on any atom is -0.490 e. The lowest BCUT2D eigenvalue weighted by molar-refractivity contribution is -0.132. The van der Waals surface area contributed by atoms with Gasteiger partial charge in [0.25, 0.3) is 0 Å². The normalized spacial score (nSPS) is 9.69. The van der Waals surface area contributed by atoms with Crippen molar-refractivity contribution in [2.75, 3.05) is 6.61 Å². The second kappa shape index (κ2) is 5.65. The van der Waals surface area contributed by atoms with Gasteiger partial charge in [0.05, 0.1) is 6.61 Å². The monoisotopic (exact) mass is 286 g/mol. The van der Waals surface area contributed by atoms with Crippen LogP contribution in [0.3, 0.4) is 0 Å². The number of halogens is 1. The maximum atomic E-state index is 10.9. The Morgan fingerprint density at radius 2 is 2.12 bits per heavy atom. The fourth-order valence-corrected chi connectivity index (χ4v) is 1.56. The molecule has 0 unspecified atom stereocenters. The van der Waals surface area contributed by atoms with Crippen LogP contribution in [0.2, 0.25) is 0 Å². The van der Waals surface area contributed by atoms with Crippen molar-refractivity contribution in [2.45, 2.75) is 13.8 Å². The summed E-state index contributed by atoms with van der Waals surface area (Å²) >= 11 is 3.20. The Bertz CT molecular complexity index is 415. The molecule has 0 aliphatic rings. The van der Waals surface area contributed by atoms with Crippen molar-refractivity contribution >= 4 is 28.2 Å². The molecule has 86 valence electrons. The van der Waals surface area contributed by atoms with Gasteiger partial charge in [0, 0.05) is 17.0 Å². The first-order chi connectivity index (χ1) is 7.58. The molecule has 0 aromatic heterocycles. The molecule has 0 amide bonds. The van der Waals surface area contributed by atoms with Gasteiger partial charge in [-0.05, 0) is 35.0 Å². The molecule has 16 heavy (non-hydrogen) atoms. The minimum absolute atomic E-state index is 0.298. The molecule has 0 saturated carbocycles. The molecule has 0 aliphatic heterocycles. The Labute approximate surface area is 102 Å². The number of hydrogen-bond acceptors (Lipinski definition) is 4. The van der Waals surface area contributed by atoms with Crippen molar-refractivity contribution in [3.63, 3.8) is 0 Å². The van der Waals surface area contributed by atoms with E-state index in [1.54, 1.807) is 6.92 Å². The van der Waals surface area contributed by atoms with E-state index in [1.807, 2.05) is 0 Å². The third-order valence-electron chi connectivity index (χ3n) is 1.74. The molecule has 0 radical (unpaired) electrons. The zero-order valence-electron chi connectivity index (χ0n) is 8.95. The Morgan fingerprint density at radius 3 is 2.62 bits per heavy atom. The molecule has 0 aliphatic carbocycles. The van der Waals surface area contributed by atoms with Gasteiger partial charge in [0.15, 0.2) is 17.8 Å². The van der Waals surface area contributed by atoms with Gasteiger partial charge in [-0.3, -0.25) is 9.59 Å². The summed E-state index contributed by atoms with van der Waals surface area (Å²) in [6, 6.07) is 3.06. The van der Waals surface area contributed by atoms with E-state index in [4.69, 9.17) is 9.47 Å². The number of carbonyl (C=O) groups excluding carboxylic acids is 2. The summed E-state index contributed by atoms with van der Waals surface area (Å²) in [7, 11) is 0. The van der Waals surface area contributed by atoms with E-state index in [2.05, 4.69) is 15.9 Å². The highest BCUT2D eigenvalue weighted by molar-refractivity contribution is 9.10. The Morgan fingerprint density at radius 1 is 1.44 bits per heavy atom. The Balaban J connectivity index is 3.18. The van der Waals surface area contributed by atoms with E-state index < -0.39 is 5.97 Å². The number of esters is 1. The maximum absolute atomic E-state index is 10.9. The molecule has 0 saturated heterocycles. The van der Waals surface area contributed by atoms with Gasteiger partial charge in [-0.2, -0.15) is 0 Å². The largest absolute Gasteiger partial charge is 0.490 e. The van der Waals surface area contributed by atoms with Crippen molar-refractivity contribution in [3.05, 3.63) is 22.2 Å². The highest BCUT2D eigenvalue weighted by Gasteiger charge is 2.11. The fourth-order valence-electron chi connectivity index (χ4n) is 1.14. The molecule has 1 aromatic carbocycles. The summed E-state index contributed by atoms with van der Waals surface area (Å²) in [6.45, 7) is 3.53. The number of ether oxygens (including phenoxy) is 2. The molecule has 0 fully saturated rings. The third kappa shape index (κ3) is 3.06. The van der Waals surface area contributed by atoms with Gasteiger partial charge < -0.3 is 9.47 Å². The molecule has 0 bridgehead atoms. The van der Waals surface area contributed by atoms with Crippen LogP contribution in [0.15, 0.2) is 16.6 Å². The average Bonchev–Trinajstić information content (AvgIpc) is 2.21. The van der Waals surface area contributed by atoms with Crippen LogP contribution in [0.4, 0.5) is 0 Å². The van der Waals surface area contributed by atoms with E-state index in [1.165, 1.54) is 19.1 Å². The molecule has 1 aromatic rings. The third-order valence-corrected chi connectivity index (χ3v) is 2.43. The molecule has 1 rings (SSSR count). The number of benzene rings is 1. The summed E-state index contributed by atoms with van der Waals surface area (Å²) < 4.78 is 10.8. The summed E-state index contributed by atoms with van der Waals surface area (Å²) in [6.07, 6.45) is 0.699. The smallest absolute Gasteiger partial charge is 0.308 e. The van der Waals surface area contributed by atoms with E-state index in [0.29, 0.717) is 34.4 Å². The first-order valence-corrected chi connectivity index (χ1v) is 5.47. The summed E-state index contributed by atoms with van der Waals surface area (Å²) in [5, 5.41) is 0. The van der Waals surface area contributed by atoms with E-state index >= 15 is 0 Å². The van der Waals surface area contributed by atoms with Crippen LogP contribution >= 0.6 is 15.9 Å². The van der Waals surface area contributed by atoms with Gasteiger partial charge >= 0.3 is 5.97 Å². The van der Waals surface area contributed by atoms with Crippen LogP contribution in [0, 0.1) is 0 Å². The van der Waals surface area contributed by atoms with Crippen LogP contribution in [-0.4, -0.2) is 18.9 Å². The van der Waals surface area contributed by atoms with E-state index in [-0.39, 0.29) is 0 Å². The highest BCUT2D eigenvalue weighted by atomic mass is 79.9. The van der Waals surface area contributed by atoms with Gasteiger partial charge in [0.1, 0.15) is 0 Å². The van der Waals surface area contributed by atoms with E-state index in [9.17, 15) is 9.59 Å². The van der Waals surface area contributed by atoms with Gasteiger partial charge in [-0.15, -0.1) is 0 Å². The standard InChI is InChI=1S/C11H11BrO4/c1-3-15-10-4-8(6-13)9(12)5-11(10)16-7(2)14/h4-6H,3H2,1-2H3. The van der Waals surface area contributed by atoms with Crippen molar-refractivity contribution in [1.82, 2.24) is 0 Å². The molecule has 4 nitrogen and oxygen atoms in total. The van der Waals surface area contributed by atoms with Crippen molar-refractivity contribution in [3.8, 4) is 11.5 Å². The lowest BCUT2D eigenvalue weighted by Crippen LogP contribution is -2.05. The van der Waals surface area contributed by atoms with Crippen LogP contribution < -0.4 is 9.47 Å². The molecule has 0 heterocycles. The zero-order valence-corrected chi connectivity index (χ0v) is 10.5. The summed E-state index contributed by atoms with van der Waals surface area (Å²) in [4.78, 5) is 21.6. The first-order valence-electron chi connectivity index (χ1n) is 4.68. The van der Waals surface area contributed by atoms with Crippen molar-refractivity contribution < 1.29 is 19.1 Å². The SMILES string of the molecule is CCOc1cc(C=O)c(Br)cc1OC(C)=O. The van der Waals surface area contributed by atoms with Crippen LogP contribution in [0.25, 0.3) is 0 Å². The highest BCUT2D eigenvalue weighted by Crippen LogP contribution is 2.33. The van der Waals surface area contributed by atoms with Gasteiger partial charge in [-0.25, -0.2) is 0 Å². The number of hydrogen-bond donors (Lipinski definition) is 0. The second-order valence-electron chi connectivity index (χ2n) is 2.96. The first kappa shape index (κ1) is 12.7. The predicted octanol–water partition coefficient (Wildman–Crippen LogP) is 2.59. The number of aldehydes is 1. The Kier molecular flexibility index (Phi) is 4.49. The van der Waals surface area contributed by atoms with Gasteiger partial charge in [-0.1, -0.05) is 0 Å². The summed E-state index contributed by atoms with van der Waals surface area (Å²) in [5.74, 6) is 0.238. The summed E-state index contributed by atoms with van der Waals surface area (Å²) in [5.41, 5.74) is 0.444. The zero-order chi connectivity index (χ0) is 12.1. The number of carbonyl (C=O) groups is 2. The molecular weight excluding hydrogens is 276 g/mol. The Hall–Kier alpha value is -1.36. The lowest BCUT2D eigenvalue weighted by atomic mass is 10.2. The topological polar surface area (TPSA) is 52.6 Å². The molecule has 0 spiro atoms. The maximum Gasteiger partial charge on any atom is 0.308 e. The van der Waals surface area contributed by atoms with Gasteiger partial charge in [0.2, 0.25) is 0 Å². The predicted molar refractivity (Wildman–Crippen MR) is 62.0 cm³/mol.